The molecule has 4 rings (SSSR count). The molecule has 2 saturated heterocycles. The minimum atomic E-state index is -1.25. The summed E-state index contributed by atoms with van der Waals surface area (Å²) in [6, 6.07) is 0. The molecule has 0 amide bonds. The SMILES string of the molecule is CC[C@H]1C(=O)C2(CCC2)[C@H](O)CC(=O)O[C@H](/C(F)=C/c2csc(C)n2)CC2OC2(C)CCC[C@@H](C)[C@@H]1O. The summed E-state index contributed by atoms with van der Waals surface area (Å²) in [6.07, 6.45) is 1.91. The van der Waals surface area contributed by atoms with Gasteiger partial charge in [-0.15, -0.1) is 11.3 Å². The fourth-order valence-electron chi connectivity index (χ4n) is 6.06. The molecule has 1 aliphatic carbocycles. The van der Waals surface area contributed by atoms with Crippen molar-refractivity contribution in [3.8, 4) is 0 Å². The fourth-order valence-corrected chi connectivity index (χ4v) is 6.63. The Kier molecular flexibility index (Phi) is 8.58. The van der Waals surface area contributed by atoms with Gasteiger partial charge in [0.05, 0.1) is 46.5 Å². The van der Waals surface area contributed by atoms with Gasteiger partial charge in [0.25, 0.3) is 0 Å². The quantitative estimate of drug-likeness (QED) is 0.416. The second kappa shape index (κ2) is 11.2. The van der Waals surface area contributed by atoms with E-state index in [1.807, 2.05) is 27.7 Å². The molecule has 1 aromatic heterocycles. The van der Waals surface area contributed by atoms with Crippen molar-refractivity contribution >= 4 is 29.2 Å². The first-order valence-electron chi connectivity index (χ1n) is 13.6. The van der Waals surface area contributed by atoms with Crippen molar-refractivity contribution in [2.45, 2.75) is 115 Å². The average Bonchev–Trinajstić information content (AvgIpc) is 3.24. The van der Waals surface area contributed by atoms with Crippen LogP contribution in [0.2, 0.25) is 0 Å². The van der Waals surface area contributed by atoms with Crippen LogP contribution in [0.4, 0.5) is 4.39 Å². The van der Waals surface area contributed by atoms with Crippen LogP contribution in [0.5, 0.6) is 0 Å². The lowest BCUT2D eigenvalue weighted by Crippen LogP contribution is -2.53. The molecule has 9 heteroatoms. The van der Waals surface area contributed by atoms with Crippen LogP contribution >= 0.6 is 11.3 Å². The normalized spacial score (nSPS) is 37.5. The number of aryl methyl sites for hydroxylation is 1. The molecule has 0 radical (unpaired) electrons. The standard InChI is InChI=1S/C28H40FNO6S/c1-5-19-25(33)16(2)8-6-9-27(4)23(36-27)13-21(20(29)12-18-15-37-17(3)30-18)35-24(32)14-22(31)28(26(19)34)10-7-11-28/h12,15-16,19,21-23,25,31,33H,5-11,13-14H2,1-4H3/b20-12-/t16-,19-,21+,22-,23?,25+,27?/m1/s1. The Balaban J connectivity index is 1.59. The molecule has 2 N–H and O–H groups in total. The zero-order valence-corrected chi connectivity index (χ0v) is 23.1. The molecule has 2 aliphatic heterocycles. The maximum atomic E-state index is 15.4. The smallest absolute Gasteiger partial charge is 0.309 e. The maximum absolute atomic E-state index is 15.4. The summed E-state index contributed by atoms with van der Waals surface area (Å²) < 4.78 is 26.9. The predicted molar refractivity (Wildman–Crippen MR) is 138 cm³/mol. The molecular formula is C28H40FNO6S. The van der Waals surface area contributed by atoms with Crippen LogP contribution in [0.25, 0.3) is 6.08 Å². The van der Waals surface area contributed by atoms with Gasteiger partial charge in [-0.05, 0) is 57.9 Å². The Bertz CT molecular complexity index is 1020. The van der Waals surface area contributed by atoms with Crippen molar-refractivity contribution in [3.63, 3.8) is 0 Å². The molecule has 0 aromatic carbocycles. The van der Waals surface area contributed by atoms with Crippen LogP contribution in [-0.4, -0.2) is 57.0 Å². The van der Waals surface area contributed by atoms with E-state index in [0.717, 1.165) is 30.7 Å². The summed E-state index contributed by atoms with van der Waals surface area (Å²) in [5, 5.41) is 24.7. The number of Topliss-reactive ketones (excluding diaryl/α,β-unsaturated/α-hetero) is 1. The van der Waals surface area contributed by atoms with E-state index >= 15 is 4.39 Å². The summed E-state index contributed by atoms with van der Waals surface area (Å²) in [5.74, 6) is -2.26. The Hall–Kier alpha value is -1.68. The van der Waals surface area contributed by atoms with Gasteiger partial charge >= 0.3 is 5.97 Å². The molecular weight excluding hydrogens is 497 g/mol. The number of aliphatic hydroxyl groups excluding tert-OH is 2. The van der Waals surface area contributed by atoms with Crippen LogP contribution < -0.4 is 0 Å². The highest BCUT2D eigenvalue weighted by Gasteiger charge is 2.55. The summed E-state index contributed by atoms with van der Waals surface area (Å²) in [4.78, 5) is 30.9. The largest absolute Gasteiger partial charge is 0.455 e. The van der Waals surface area contributed by atoms with E-state index in [-0.39, 0.29) is 24.2 Å². The topological polar surface area (TPSA) is 109 Å². The molecule has 206 valence electrons. The molecule has 3 heterocycles. The Labute approximate surface area is 222 Å². The summed E-state index contributed by atoms with van der Waals surface area (Å²) in [5.41, 5.74) is -1.07. The van der Waals surface area contributed by atoms with Crippen LogP contribution in [0.1, 0.15) is 89.3 Å². The number of hydrogen-bond donors (Lipinski definition) is 2. The van der Waals surface area contributed by atoms with E-state index in [0.29, 0.717) is 25.0 Å². The summed E-state index contributed by atoms with van der Waals surface area (Å²) in [6.45, 7) is 7.62. The number of ether oxygens (including phenoxy) is 2. The second-order valence-electron chi connectivity index (χ2n) is 11.4. The Morgan fingerprint density at radius 3 is 2.59 bits per heavy atom. The van der Waals surface area contributed by atoms with Gasteiger partial charge in [0.15, 0.2) is 6.10 Å². The summed E-state index contributed by atoms with van der Waals surface area (Å²) >= 11 is 1.40. The fraction of sp³-hybridized carbons (Fsp3) is 0.750. The number of ketones is 1. The van der Waals surface area contributed by atoms with E-state index in [1.54, 1.807) is 5.38 Å². The molecule has 1 saturated carbocycles. The molecule has 1 aromatic rings. The highest BCUT2D eigenvalue weighted by atomic mass is 32.1. The molecule has 2 unspecified atom stereocenters. The van der Waals surface area contributed by atoms with Gasteiger partial charge < -0.3 is 19.7 Å². The first kappa shape index (κ1) is 28.3. The van der Waals surface area contributed by atoms with Crippen LogP contribution in [0.15, 0.2) is 11.2 Å². The number of cyclic esters (lactones) is 1. The van der Waals surface area contributed by atoms with Crippen molar-refractivity contribution in [1.82, 2.24) is 4.98 Å². The number of hydrogen-bond acceptors (Lipinski definition) is 8. The lowest BCUT2D eigenvalue weighted by molar-refractivity contribution is -0.162. The molecule has 7 nitrogen and oxygen atoms in total. The van der Waals surface area contributed by atoms with Gasteiger partial charge in [0.2, 0.25) is 0 Å². The highest BCUT2D eigenvalue weighted by Crippen LogP contribution is 2.49. The molecule has 1 spiro atoms. The van der Waals surface area contributed by atoms with E-state index in [4.69, 9.17) is 9.47 Å². The van der Waals surface area contributed by atoms with Crippen LogP contribution in [0, 0.1) is 24.2 Å². The lowest BCUT2D eigenvalue weighted by atomic mass is 9.58. The Morgan fingerprint density at radius 1 is 1.27 bits per heavy atom. The highest BCUT2D eigenvalue weighted by molar-refractivity contribution is 7.09. The van der Waals surface area contributed by atoms with Crippen molar-refractivity contribution in [3.05, 3.63) is 21.9 Å². The van der Waals surface area contributed by atoms with Gasteiger partial charge in [-0.3, -0.25) is 9.59 Å². The van der Waals surface area contributed by atoms with E-state index in [2.05, 4.69) is 4.98 Å². The first-order chi connectivity index (χ1) is 17.5. The molecule has 37 heavy (non-hydrogen) atoms. The van der Waals surface area contributed by atoms with Gasteiger partial charge in [0, 0.05) is 17.7 Å². The third-order valence-corrected chi connectivity index (χ3v) is 9.60. The molecule has 7 atom stereocenters. The van der Waals surface area contributed by atoms with E-state index in [1.165, 1.54) is 17.4 Å². The average molecular weight is 538 g/mol. The van der Waals surface area contributed by atoms with Crippen molar-refractivity contribution in [2.24, 2.45) is 17.3 Å². The number of aliphatic hydroxyl groups is 2. The number of carbonyl (C=O) groups excluding carboxylic acids is 2. The number of halogens is 1. The number of fused-ring (bicyclic) bond motifs is 1. The van der Waals surface area contributed by atoms with Gasteiger partial charge in [-0.2, -0.15) is 0 Å². The number of rotatable bonds is 3. The lowest BCUT2D eigenvalue weighted by Gasteiger charge is -2.46. The predicted octanol–water partition coefficient (Wildman–Crippen LogP) is 4.92. The van der Waals surface area contributed by atoms with Crippen molar-refractivity contribution in [2.75, 3.05) is 0 Å². The Morgan fingerprint density at radius 2 is 2.00 bits per heavy atom. The van der Waals surface area contributed by atoms with Gasteiger partial charge in [-0.25, -0.2) is 9.37 Å². The van der Waals surface area contributed by atoms with Gasteiger partial charge in [0.1, 0.15) is 11.6 Å². The zero-order valence-electron chi connectivity index (χ0n) is 22.2. The van der Waals surface area contributed by atoms with E-state index in [9.17, 15) is 19.8 Å². The third-order valence-electron chi connectivity index (χ3n) is 8.81. The number of aromatic nitrogens is 1. The zero-order chi connectivity index (χ0) is 27.0. The maximum Gasteiger partial charge on any atom is 0.309 e. The minimum Gasteiger partial charge on any atom is -0.455 e. The monoisotopic (exact) mass is 537 g/mol. The van der Waals surface area contributed by atoms with Gasteiger partial charge in [-0.1, -0.05) is 26.7 Å². The number of esters is 1. The number of nitrogens with zero attached hydrogens (tertiary/aromatic N) is 1. The number of thiazole rings is 1. The van der Waals surface area contributed by atoms with E-state index < -0.39 is 53.5 Å². The summed E-state index contributed by atoms with van der Waals surface area (Å²) in [7, 11) is 0. The minimum absolute atomic E-state index is 0.100. The molecule has 3 aliphatic rings. The molecule has 0 bridgehead atoms. The number of carbonyl (C=O) groups is 2. The third kappa shape index (κ3) is 6.00. The van der Waals surface area contributed by atoms with Crippen molar-refractivity contribution in [1.29, 1.82) is 0 Å². The molecule has 3 fully saturated rings. The van der Waals surface area contributed by atoms with Crippen LogP contribution in [-0.2, 0) is 19.1 Å². The second-order valence-corrected chi connectivity index (χ2v) is 12.5. The van der Waals surface area contributed by atoms with Crippen LogP contribution in [0.3, 0.4) is 0 Å². The van der Waals surface area contributed by atoms with Crippen molar-refractivity contribution < 1.29 is 33.7 Å². The number of epoxide rings is 1. The first-order valence-corrected chi connectivity index (χ1v) is 14.4.